The van der Waals surface area contributed by atoms with Gasteiger partial charge in [0.05, 0.1) is 24.6 Å². The fraction of sp³-hybridized carbons (Fsp3) is 0.364. The monoisotopic (exact) mass is 253 g/mol. The first-order valence-electron chi connectivity index (χ1n) is 5.21. The maximum atomic E-state index is 11.4. The van der Waals surface area contributed by atoms with Gasteiger partial charge in [0.25, 0.3) is 5.69 Å². The number of nitro groups is 1. The number of carbonyl (C=O) groups excluding carboxylic acids is 1. The predicted molar refractivity (Wildman–Crippen MR) is 66.8 cm³/mol. The first-order chi connectivity index (χ1) is 8.43. The van der Waals surface area contributed by atoms with Gasteiger partial charge in [0, 0.05) is 31.9 Å². The highest BCUT2D eigenvalue weighted by Gasteiger charge is 2.11. The van der Waals surface area contributed by atoms with E-state index < -0.39 is 4.92 Å². The largest absolute Gasteiger partial charge is 0.496 e. The van der Waals surface area contributed by atoms with Crippen LogP contribution < -0.4 is 10.1 Å². The number of non-ortho nitro benzene ring substituents is 1. The number of rotatable bonds is 5. The van der Waals surface area contributed by atoms with E-state index >= 15 is 0 Å². The number of nitrogens with one attached hydrogen (secondary N) is 1. The lowest BCUT2D eigenvalue weighted by Gasteiger charge is -2.12. The van der Waals surface area contributed by atoms with Gasteiger partial charge in [0.2, 0.25) is 5.91 Å². The lowest BCUT2D eigenvalue weighted by atomic mass is 10.2. The Bertz CT molecular complexity index is 460. The smallest absolute Gasteiger partial charge is 0.275 e. The number of anilines is 1. The van der Waals surface area contributed by atoms with Crippen LogP contribution in [0.25, 0.3) is 0 Å². The van der Waals surface area contributed by atoms with Crippen LogP contribution in [0.1, 0.15) is 0 Å². The van der Waals surface area contributed by atoms with Crippen LogP contribution in [0.2, 0.25) is 0 Å². The SMILES string of the molecule is COc1cc(NCC(=O)N(C)C)cc([N+](=O)[O-])c1. The molecule has 0 saturated heterocycles. The molecular formula is C11H15N3O4. The summed E-state index contributed by atoms with van der Waals surface area (Å²) in [7, 11) is 4.70. The second-order valence-electron chi connectivity index (χ2n) is 3.82. The Labute approximate surface area is 104 Å². The molecule has 1 amide bonds. The highest BCUT2D eigenvalue weighted by molar-refractivity contribution is 5.80. The Morgan fingerprint density at radius 1 is 1.44 bits per heavy atom. The minimum absolute atomic E-state index is 0.0668. The van der Waals surface area contributed by atoms with E-state index in [0.29, 0.717) is 11.4 Å². The second-order valence-corrected chi connectivity index (χ2v) is 3.82. The number of nitro benzene ring substituents is 1. The average Bonchev–Trinajstić information content (AvgIpc) is 2.35. The number of amides is 1. The van der Waals surface area contributed by atoms with Crippen LogP contribution >= 0.6 is 0 Å². The summed E-state index contributed by atoms with van der Waals surface area (Å²) < 4.78 is 4.96. The molecule has 0 bridgehead atoms. The van der Waals surface area contributed by atoms with Crippen LogP contribution in [0.15, 0.2) is 18.2 Å². The zero-order valence-corrected chi connectivity index (χ0v) is 10.5. The summed E-state index contributed by atoms with van der Waals surface area (Å²) in [6.45, 7) is 0.0668. The molecule has 0 aliphatic rings. The summed E-state index contributed by atoms with van der Waals surface area (Å²) in [5.41, 5.74) is 0.380. The first-order valence-corrected chi connectivity index (χ1v) is 5.21. The number of hydrogen-bond donors (Lipinski definition) is 1. The Morgan fingerprint density at radius 2 is 2.11 bits per heavy atom. The van der Waals surface area contributed by atoms with Crippen LogP contribution in [-0.2, 0) is 4.79 Å². The highest BCUT2D eigenvalue weighted by Crippen LogP contribution is 2.25. The second kappa shape index (κ2) is 5.85. The van der Waals surface area contributed by atoms with Crippen LogP contribution in [0.3, 0.4) is 0 Å². The van der Waals surface area contributed by atoms with E-state index in [-0.39, 0.29) is 18.1 Å². The van der Waals surface area contributed by atoms with Crippen molar-refractivity contribution in [3.63, 3.8) is 0 Å². The lowest BCUT2D eigenvalue weighted by Crippen LogP contribution is -2.28. The van der Waals surface area contributed by atoms with Crippen molar-refractivity contribution < 1.29 is 14.5 Å². The summed E-state index contributed by atoms with van der Waals surface area (Å²) in [4.78, 5) is 23.0. The summed E-state index contributed by atoms with van der Waals surface area (Å²) in [5.74, 6) is 0.240. The zero-order valence-electron chi connectivity index (χ0n) is 10.5. The molecule has 0 atom stereocenters. The highest BCUT2D eigenvalue weighted by atomic mass is 16.6. The maximum Gasteiger partial charge on any atom is 0.275 e. The standard InChI is InChI=1S/C11H15N3O4/c1-13(2)11(15)7-12-8-4-9(14(16)17)6-10(5-8)18-3/h4-6,12H,7H2,1-3H3. The molecule has 0 aromatic heterocycles. The van der Waals surface area contributed by atoms with Crippen molar-refractivity contribution in [1.82, 2.24) is 4.90 Å². The molecule has 18 heavy (non-hydrogen) atoms. The van der Waals surface area contributed by atoms with Crippen LogP contribution in [0, 0.1) is 10.1 Å². The van der Waals surface area contributed by atoms with Crippen LogP contribution in [0.5, 0.6) is 5.75 Å². The summed E-state index contributed by atoms with van der Waals surface area (Å²) in [6.07, 6.45) is 0. The number of carbonyl (C=O) groups is 1. The van der Waals surface area contributed by atoms with Gasteiger partial charge in [-0.1, -0.05) is 0 Å². The minimum Gasteiger partial charge on any atom is -0.496 e. The van der Waals surface area contributed by atoms with E-state index in [1.807, 2.05) is 0 Å². The molecule has 1 N–H and O–H groups in total. The third-order valence-electron chi connectivity index (χ3n) is 2.28. The third kappa shape index (κ3) is 3.62. The van der Waals surface area contributed by atoms with E-state index in [1.165, 1.54) is 24.1 Å². The number of likely N-dealkylation sites (N-methyl/N-ethyl adjacent to an activating group) is 1. The van der Waals surface area contributed by atoms with Crippen molar-refractivity contribution in [1.29, 1.82) is 0 Å². The molecular weight excluding hydrogens is 238 g/mol. The van der Waals surface area contributed by atoms with Gasteiger partial charge < -0.3 is 15.0 Å². The van der Waals surface area contributed by atoms with Gasteiger partial charge in [0.1, 0.15) is 5.75 Å². The van der Waals surface area contributed by atoms with Crippen molar-refractivity contribution in [3.05, 3.63) is 28.3 Å². The third-order valence-corrected chi connectivity index (χ3v) is 2.28. The number of ether oxygens (including phenoxy) is 1. The van der Waals surface area contributed by atoms with Gasteiger partial charge in [-0.2, -0.15) is 0 Å². The molecule has 0 heterocycles. The van der Waals surface area contributed by atoms with E-state index in [2.05, 4.69) is 5.32 Å². The van der Waals surface area contributed by atoms with Gasteiger partial charge in [-0.3, -0.25) is 14.9 Å². The molecule has 7 nitrogen and oxygen atoms in total. The molecule has 1 rings (SSSR count). The average molecular weight is 253 g/mol. The molecule has 98 valence electrons. The van der Waals surface area contributed by atoms with Gasteiger partial charge in [-0.15, -0.1) is 0 Å². The van der Waals surface area contributed by atoms with Crippen LogP contribution in [0.4, 0.5) is 11.4 Å². The lowest BCUT2D eigenvalue weighted by molar-refractivity contribution is -0.384. The topological polar surface area (TPSA) is 84.7 Å². The summed E-state index contributed by atoms with van der Waals surface area (Å²) >= 11 is 0. The fourth-order valence-electron chi connectivity index (χ4n) is 1.24. The van der Waals surface area contributed by atoms with Gasteiger partial charge in [0.15, 0.2) is 0 Å². The van der Waals surface area contributed by atoms with Crippen molar-refractivity contribution in [2.24, 2.45) is 0 Å². The Balaban J connectivity index is 2.85. The van der Waals surface area contributed by atoms with Gasteiger partial charge in [-0.25, -0.2) is 0 Å². The summed E-state index contributed by atoms with van der Waals surface area (Å²) in [6, 6.07) is 4.26. The number of methoxy groups -OCH3 is 1. The van der Waals surface area contributed by atoms with E-state index in [4.69, 9.17) is 4.74 Å². The molecule has 0 aliphatic heterocycles. The maximum absolute atomic E-state index is 11.4. The number of hydrogen-bond acceptors (Lipinski definition) is 5. The first kappa shape index (κ1) is 13.8. The van der Waals surface area contributed by atoms with Gasteiger partial charge in [-0.05, 0) is 0 Å². The number of nitrogens with zero attached hydrogens (tertiary/aromatic N) is 2. The molecule has 0 radical (unpaired) electrons. The van der Waals surface area contributed by atoms with Crippen molar-refractivity contribution in [2.45, 2.75) is 0 Å². The zero-order chi connectivity index (χ0) is 13.7. The summed E-state index contributed by atoms with van der Waals surface area (Å²) in [5, 5.41) is 13.5. The fourth-order valence-corrected chi connectivity index (χ4v) is 1.24. The molecule has 7 heteroatoms. The molecule has 0 fully saturated rings. The van der Waals surface area contributed by atoms with Gasteiger partial charge >= 0.3 is 0 Å². The van der Waals surface area contributed by atoms with Crippen molar-refractivity contribution >= 4 is 17.3 Å². The van der Waals surface area contributed by atoms with E-state index in [0.717, 1.165) is 0 Å². The molecule has 0 saturated carbocycles. The Morgan fingerprint density at radius 3 is 2.61 bits per heavy atom. The van der Waals surface area contributed by atoms with E-state index in [9.17, 15) is 14.9 Å². The molecule has 1 aromatic rings. The molecule has 0 spiro atoms. The quantitative estimate of drug-likeness (QED) is 0.627. The molecule has 0 aliphatic carbocycles. The Hall–Kier alpha value is -2.31. The minimum atomic E-state index is -0.512. The predicted octanol–water partition coefficient (Wildman–Crippen LogP) is 1.10. The van der Waals surface area contributed by atoms with Crippen LogP contribution in [-0.4, -0.2) is 43.5 Å². The van der Waals surface area contributed by atoms with Crippen molar-refractivity contribution in [3.8, 4) is 5.75 Å². The van der Waals surface area contributed by atoms with Crippen molar-refractivity contribution in [2.75, 3.05) is 33.1 Å². The number of benzene rings is 1. The molecule has 1 aromatic carbocycles. The normalized spacial score (nSPS) is 9.72. The van der Waals surface area contributed by atoms with E-state index in [1.54, 1.807) is 20.2 Å². The Kier molecular flexibility index (Phi) is 4.47. The molecule has 0 unspecified atom stereocenters.